The molecule has 0 aromatic carbocycles. The zero-order valence-electron chi connectivity index (χ0n) is 22.1. The Bertz CT molecular complexity index is 1150. The Morgan fingerprint density at radius 3 is 2.53 bits per heavy atom. The summed E-state index contributed by atoms with van der Waals surface area (Å²) in [5.41, 5.74) is 1.38. The Labute approximate surface area is 213 Å². The van der Waals surface area contributed by atoms with Gasteiger partial charge in [-0.3, -0.25) is 0 Å². The highest BCUT2D eigenvalue weighted by Crippen LogP contribution is 2.63. The van der Waals surface area contributed by atoms with Crippen LogP contribution in [-0.4, -0.2) is 45.6 Å². The number of allylic oxidation sites excluding steroid dienone is 4. The van der Waals surface area contributed by atoms with E-state index in [9.17, 15) is 19.8 Å². The summed E-state index contributed by atoms with van der Waals surface area (Å²) in [6.45, 7) is 11.8. The summed E-state index contributed by atoms with van der Waals surface area (Å²) in [5, 5.41) is 23.6. The second-order valence-corrected chi connectivity index (χ2v) is 12.3. The van der Waals surface area contributed by atoms with Gasteiger partial charge in [0.05, 0.1) is 11.7 Å². The number of fused-ring (bicyclic) bond motifs is 4. The minimum atomic E-state index is -1.14. The Hall–Kier alpha value is -2.44. The highest BCUT2D eigenvalue weighted by molar-refractivity contribution is 5.88. The van der Waals surface area contributed by atoms with E-state index in [4.69, 9.17) is 9.47 Å². The third-order valence-electron chi connectivity index (χ3n) is 9.68. The van der Waals surface area contributed by atoms with Gasteiger partial charge in [-0.05, 0) is 69.1 Å². The standard InChI is InChI=1S/C30H38O6/c1-16-7-9-23(35-27(16)33)18(3)20-11-12-29(6)21(17(20)2)15-30(34)14-19-8-10-25(32)36-28(4,5)26(19)22(31)13-24(29)30/h7-8,10-12,14,18,21-24,26,31,34H,9,13,15H2,1-6H3/t18?,21?,22-,23?,24?,26?,29-,30-/m1/s1. The van der Waals surface area contributed by atoms with Crippen molar-refractivity contribution in [3.8, 4) is 0 Å². The van der Waals surface area contributed by atoms with E-state index in [2.05, 4.69) is 32.9 Å². The summed E-state index contributed by atoms with van der Waals surface area (Å²) in [6.07, 6.45) is 11.9. The molecular formula is C30H38O6. The van der Waals surface area contributed by atoms with E-state index in [1.807, 2.05) is 26.0 Å². The largest absolute Gasteiger partial charge is 0.458 e. The lowest BCUT2D eigenvalue weighted by atomic mass is 9.63. The fourth-order valence-electron chi connectivity index (χ4n) is 7.73. The van der Waals surface area contributed by atoms with Gasteiger partial charge in [0.15, 0.2) is 0 Å². The van der Waals surface area contributed by atoms with E-state index in [-0.39, 0.29) is 35.2 Å². The average Bonchev–Trinajstić information content (AvgIpc) is 2.86. The van der Waals surface area contributed by atoms with Gasteiger partial charge in [-0.1, -0.05) is 43.7 Å². The summed E-state index contributed by atoms with van der Waals surface area (Å²) in [4.78, 5) is 24.3. The summed E-state index contributed by atoms with van der Waals surface area (Å²) >= 11 is 0. The molecule has 3 aliphatic carbocycles. The van der Waals surface area contributed by atoms with Crippen LogP contribution in [-0.2, 0) is 19.1 Å². The Kier molecular flexibility index (Phi) is 5.80. The van der Waals surface area contributed by atoms with Crippen molar-refractivity contribution in [2.24, 2.45) is 29.1 Å². The highest BCUT2D eigenvalue weighted by atomic mass is 16.6. The van der Waals surface area contributed by atoms with E-state index in [0.717, 1.165) is 11.1 Å². The minimum absolute atomic E-state index is 0.0289. The minimum Gasteiger partial charge on any atom is -0.458 e. The lowest BCUT2D eigenvalue weighted by Gasteiger charge is -2.42. The lowest BCUT2D eigenvalue weighted by Crippen LogP contribution is -2.44. The first-order chi connectivity index (χ1) is 16.8. The van der Waals surface area contributed by atoms with Crippen LogP contribution < -0.4 is 0 Å². The predicted molar refractivity (Wildman–Crippen MR) is 135 cm³/mol. The van der Waals surface area contributed by atoms with Crippen LogP contribution in [0.2, 0.25) is 0 Å². The van der Waals surface area contributed by atoms with E-state index in [1.54, 1.807) is 13.0 Å². The number of carbonyl (C=O) groups is 2. The Morgan fingerprint density at radius 2 is 1.83 bits per heavy atom. The Morgan fingerprint density at radius 1 is 1.11 bits per heavy atom. The highest BCUT2D eigenvalue weighted by Gasteiger charge is 2.61. The normalized spacial score (nSPS) is 42.2. The zero-order valence-corrected chi connectivity index (χ0v) is 22.1. The van der Waals surface area contributed by atoms with Crippen molar-refractivity contribution < 1.29 is 29.3 Å². The van der Waals surface area contributed by atoms with Crippen LogP contribution in [0, 0.1) is 29.1 Å². The molecule has 8 atom stereocenters. The summed E-state index contributed by atoms with van der Waals surface area (Å²) in [7, 11) is 0. The fourth-order valence-corrected chi connectivity index (χ4v) is 7.73. The molecule has 1 fully saturated rings. The van der Waals surface area contributed by atoms with Crippen molar-refractivity contribution in [3.63, 3.8) is 0 Å². The van der Waals surface area contributed by atoms with Gasteiger partial charge in [0.25, 0.3) is 0 Å². The Balaban J connectivity index is 1.52. The van der Waals surface area contributed by atoms with Gasteiger partial charge in [-0.2, -0.15) is 0 Å². The summed E-state index contributed by atoms with van der Waals surface area (Å²) in [5.74, 6) is -1.21. The monoisotopic (exact) mass is 494 g/mol. The summed E-state index contributed by atoms with van der Waals surface area (Å²) in [6, 6.07) is 0. The fraction of sp³-hybridized carbons (Fsp3) is 0.600. The molecule has 5 unspecified atom stereocenters. The molecule has 5 aliphatic rings. The van der Waals surface area contributed by atoms with Crippen molar-refractivity contribution in [2.75, 3.05) is 0 Å². The molecule has 2 N–H and O–H groups in total. The third-order valence-corrected chi connectivity index (χ3v) is 9.68. The van der Waals surface area contributed by atoms with Crippen molar-refractivity contribution in [1.82, 2.24) is 0 Å². The third kappa shape index (κ3) is 3.76. The first-order valence-corrected chi connectivity index (χ1v) is 13.1. The molecule has 5 rings (SSSR count). The number of carbonyl (C=O) groups excluding carboxylic acids is 2. The maximum Gasteiger partial charge on any atom is 0.333 e. The number of cyclic esters (lactones) is 2. The van der Waals surface area contributed by atoms with Crippen LogP contribution in [0.1, 0.15) is 60.8 Å². The molecule has 2 aliphatic heterocycles. The van der Waals surface area contributed by atoms with Crippen LogP contribution in [0.5, 0.6) is 0 Å². The van der Waals surface area contributed by atoms with Gasteiger partial charge < -0.3 is 19.7 Å². The van der Waals surface area contributed by atoms with Crippen molar-refractivity contribution in [3.05, 3.63) is 58.7 Å². The second-order valence-electron chi connectivity index (χ2n) is 12.3. The second kappa shape index (κ2) is 8.29. The summed E-state index contributed by atoms with van der Waals surface area (Å²) < 4.78 is 11.4. The number of hydrogen-bond acceptors (Lipinski definition) is 6. The SMILES string of the molecule is CC1=CCC(C(C)C2=C(C)C3C[C@]4(O)C=C5C=CC(=O)OC(C)(C)C5[C@H](O)CC4[C@]3(C)C=C2)OC1=O. The molecule has 0 saturated heterocycles. The van der Waals surface area contributed by atoms with Crippen molar-refractivity contribution >= 4 is 11.9 Å². The molecule has 0 aromatic heterocycles. The molecule has 1 saturated carbocycles. The smallest absolute Gasteiger partial charge is 0.333 e. The first kappa shape index (κ1) is 25.2. The van der Waals surface area contributed by atoms with Crippen LogP contribution in [0.25, 0.3) is 0 Å². The molecule has 36 heavy (non-hydrogen) atoms. The van der Waals surface area contributed by atoms with Gasteiger partial charge in [-0.15, -0.1) is 0 Å². The topological polar surface area (TPSA) is 93.1 Å². The van der Waals surface area contributed by atoms with Crippen LogP contribution in [0.4, 0.5) is 0 Å². The number of esters is 2. The number of rotatable bonds is 2. The van der Waals surface area contributed by atoms with Crippen molar-refractivity contribution in [1.29, 1.82) is 0 Å². The number of aliphatic hydroxyl groups is 2. The van der Waals surface area contributed by atoms with Crippen molar-refractivity contribution in [2.45, 2.75) is 84.2 Å². The van der Waals surface area contributed by atoms with E-state index in [1.165, 1.54) is 11.6 Å². The molecule has 0 bridgehead atoms. The molecule has 194 valence electrons. The molecule has 0 radical (unpaired) electrons. The van der Waals surface area contributed by atoms with E-state index in [0.29, 0.717) is 24.8 Å². The first-order valence-electron chi connectivity index (χ1n) is 13.1. The molecule has 2 heterocycles. The molecule has 6 nitrogen and oxygen atoms in total. The average molecular weight is 495 g/mol. The molecule has 0 spiro atoms. The van der Waals surface area contributed by atoms with Crippen LogP contribution in [0.3, 0.4) is 0 Å². The molecule has 0 amide bonds. The molecule has 0 aromatic rings. The number of aliphatic hydroxyl groups excluding tert-OH is 1. The van der Waals surface area contributed by atoms with Gasteiger partial charge >= 0.3 is 11.9 Å². The van der Waals surface area contributed by atoms with Crippen LogP contribution >= 0.6 is 0 Å². The molecular weight excluding hydrogens is 456 g/mol. The van der Waals surface area contributed by atoms with Crippen LogP contribution in [0.15, 0.2) is 58.7 Å². The van der Waals surface area contributed by atoms with E-state index >= 15 is 0 Å². The van der Waals surface area contributed by atoms with Gasteiger partial charge in [-0.25, -0.2) is 9.59 Å². The van der Waals surface area contributed by atoms with Gasteiger partial charge in [0.1, 0.15) is 11.7 Å². The van der Waals surface area contributed by atoms with E-state index < -0.39 is 29.2 Å². The van der Waals surface area contributed by atoms with Gasteiger partial charge in [0.2, 0.25) is 0 Å². The number of hydrogen-bond donors (Lipinski definition) is 2. The zero-order chi connectivity index (χ0) is 26.2. The maximum atomic E-state index is 12.2. The van der Waals surface area contributed by atoms with Gasteiger partial charge in [0, 0.05) is 35.8 Å². The number of ether oxygens (including phenoxy) is 2. The maximum absolute atomic E-state index is 12.2. The lowest BCUT2D eigenvalue weighted by molar-refractivity contribution is -0.157. The quantitative estimate of drug-likeness (QED) is 0.555. The molecule has 6 heteroatoms. The predicted octanol–water partition coefficient (Wildman–Crippen LogP) is 4.34.